The second-order valence-corrected chi connectivity index (χ2v) is 6.56. The van der Waals surface area contributed by atoms with Crippen molar-refractivity contribution in [3.8, 4) is 11.4 Å². The van der Waals surface area contributed by atoms with Crippen molar-refractivity contribution in [3.05, 3.63) is 41.5 Å². The molecule has 0 saturated heterocycles. The van der Waals surface area contributed by atoms with Gasteiger partial charge >= 0.3 is 0 Å². The summed E-state index contributed by atoms with van der Waals surface area (Å²) in [6.07, 6.45) is 4.51. The molecule has 1 aliphatic rings. The molecule has 0 spiro atoms. The average Bonchev–Trinajstić information content (AvgIpc) is 3.31. The first kappa shape index (κ1) is 15.9. The van der Waals surface area contributed by atoms with E-state index in [4.69, 9.17) is 0 Å². The summed E-state index contributed by atoms with van der Waals surface area (Å²) >= 11 is 0. The number of H-pyrrole nitrogens is 1. The predicted octanol–water partition coefficient (Wildman–Crippen LogP) is 1.47. The molecule has 8 nitrogen and oxygen atoms in total. The molecule has 3 heterocycles. The number of aromatic nitrogens is 7. The van der Waals surface area contributed by atoms with Crippen LogP contribution in [-0.2, 0) is 25.9 Å². The summed E-state index contributed by atoms with van der Waals surface area (Å²) < 4.78 is 2.29. The normalized spacial score (nSPS) is 14.0. The molecule has 0 atom stereocenters. The van der Waals surface area contributed by atoms with Gasteiger partial charge in [-0.2, -0.15) is 5.21 Å². The molecule has 3 aromatic rings. The molecule has 25 heavy (non-hydrogen) atoms. The highest BCUT2D eigenvalue weighted by molar-refractivity contribution is 5.54. The van der Waals surface area contributed by atoms with Crippen LogP contribution in [-0.4, -0.2) is 53.9 Å². The Bertz CT molecular complexity index is 806. The lowest BCUT2D eigenvalue weighted by molar-refractivity contribution is 0.313. The Morgan fingerprint density at radius 2 is 2.00 bits per heavy atom. The smallest absolute Gasteiger partial charge is 0.204 e. The van der Waals surface area contributed by atoms with Crippen molar-refractivity contribution in [2.75, 3.05) is 13.6 Å². The molecule has 0 unspecified atom stereocenters. The van der Waals surface area contributed by atoms with Crippen molar-refractivity contribution < 1.29 is 0 Å². The third-order valence-electron chi connectivity index (χ3n) is 4.69. The van der Waals surface area contributed by atoms with Crippen LogP contribution >= 0.6 is 0 Å². The van der Waals surface area contributed by atoms with Gasteiger partial charge in [-0.3, -0.25) is 4.90 Å². The van der Waals surface area contributed by atoms with Gasteiger partial charge in [0.2, 0.25) is 5.82 Å². The van der Waals surface area contributed by atoms with Crippen LogP contribution in [0.25, 0.3) is 11.4 Å². The lowest BCUT2D eigenvalue weighted by Crippen LogP contribution is -2.24. The van der Waals surface area contributed by atoms with E-state index in [1.54, 1.807) is 0 Å². The second-order valence-electron chi connectivity index (χ2n) is 6.56. The van der Waals surface area contributed by atoms with Crippen LogP contribution in [0.3, 0.4) is 0 Å². The molecular weight excluding hydrogens is 316 g/mol. The zero-order valence-corrected chi connectivity index (χ0v) is 14.4. The van der Waals surface area contributed by atoms with E-state index in [1.807, 2.05) is 12.1 Å². The number of rotatable bonds is 6. The summed E-state index contributed by atoms with van der Waals surface area (Å²) in [7, 11) is 2.14. The minimum Gasteiger partial charge on any atom is -0.314 e. The quantitative estimate of drug-likeness (QED) is 0.732. The van der Waals surface area contributed by atoms with Gasteiger partial charge in [-0.15, -0.1) is 20.4 Å². The van der Waals surface area contributed by atoms with E-state index in [0.29, 0.717) is 5.82 Å². The average molecular weight is 338 g/mol. The van der Waals surface area contributed by atoms with Crippen molar-refractivity contribution >= 4 is 0 Å². The number of likely N-dealkylation sites (N-methyl/N-ethyl adjacent to an activating group) is 1. The highest BCUT2D eigenvalue weighted by atomic mass is 15.5. The number of nitrogens with zero attached hydrogens (tertiary/aromatic N) is 7. The van der Waals surface area contributed by atoms with Crippen molar-refractivity contribution in [1.29, 1.82) is 0 Å². The van der Waals surface area contributed by atoms with Crippen LogP contribution in [0.15, 0.2) is 24.3 Å². The first-order valence-electron chi connectivity index (χ1n) is 8.72. The Morgan fingerprint density at radius 3 is 2.80 bits per heavy atom. The molecule has 8 heteroatoms. The van der Waals surface area contributed by atoms with Gasteiger partial charge in [0.1, 0.15) is 11.6 Å². The molecule has 0 amide bonds. The standard InChI is InChI=1S/C17H22N8/c1-24(12-16-19-18-15-4-2-3-10-25(15)16)11-9-13-5-7-14(8-6-13)17-20-22-23-21-17/h5-8H,2-4,9-12H2,1H3,(H,20,21,22,23). The molecular formula is C17H22N8. The molecule has 1 N–H and O–H groups in total. The monoisotopic (exact) mass is 338 g/mol. The number of hydrogen-bond donors (Lipinski definition) is 1. The fraction of sp³-hybridized carbons (Fsp3) is 0.471. The molecule has 0 bridgehead atoms. The van der Waals surface area contributed by atoms with E-state index in [0.717, 1.165) is 49.7 Å². The Morgan fingerprint density at radius 1 is 1.12 bits per heavy atom. The SMILES string of the molecule is CN(CCc1ccc(-c2nn[nH]n2)cc1)Cc1nnc2n1CCCC2. The fourth-order valence-electron chi connectivity index (χ4n) is 3.23. The van der Waals surface area contributed by atoms with Crippen LogP contribution in [0.1, 0.15) is 30.1 Å². The van der Waals surface area contributed by atoms with Gasteiger partial charge < -0.3 is 4.57 Å². The maximum Gasteiger partial charge on any atom is 0.204 e. The summed E-state index contributed by atoms with van der Waals surface area (Å²) in [5.74, 6) is 2.86. The van der Waals surface area contributed by atoms with Crippen molar-refractivity contribution in [2.45, 2.75) is 38.8 Å². The lowest BCUT2D eigenvalue weighted by atomic mass is 10.1. The van der Waals surface area contributed by atoms with Gasteiger partial charge in [0.25, 0.3) is 0 Å². The molecule has 0 aliphatic carbocycles. The first-order valence-corrected chi connectivity index (χ1v) is 8.72. The highest BCUT2D eigenvalue weighted by Gasteiger charge is 2.16. The molecule has 0 fully saturated rings. The van der Waals surface area contributed by atoms with Gasteiger partial charge in [-0.25, -0.2) is 0 Å². The number of nitrogens with one attached hydrogen (secondary N) is 1. The van der Waals surface area contributed by atoms with Gasteiger partial charge in [-0.1, -0.05) is 24.3 Å². The Labute approximate surface area is 146 Å². The van der Waals surface area contributed by atoms with Gasteiger partial charge in [-0.05, 0) is 37.1 Å². The summed E-state index contributed by atoms with van der Waals surface area (Å²) in [5.41, 5.74) is 2.27. The molecule has 1 aliphatic heterocycles. The Kier molecular flexibility index (Phi) is 4.51. The van der Waals surface area contributed by atoms with Gasteiger partial charge in [0.15, 0.2) is 0 Å². The Balaban J connectivity index is 1.33. The second kappa shape index (κ2) is 7.10. The number of aromatic amines is 1. The Hall–Kier alpha value is -2.61. The summed E-state index contributed by atoms with van der Waals surface area (Å²) in [5, 5.41) is 22.8. The molecule has 130 valence electrons. The van der Waals surface area contributed by atoms with Crippen LogP contribution < -0.4 is 0 Å². The highest BCUT2D eigenvalue weighted by Crippen LogP contribution is 2.16. The van der Waals surface area contributed by atoms with Crippen molar-refractivity contribution in [2.24, 2.45) is 0 Å². The number of fused-ring (bicyclic) bond motifs is 1. The minimum atomic E-state index is 0.625. The lowest BCUT2D eigenvalue weighted by Gasteiger charge is -2.19. The number of aryl methyl sites for hydroxylation is 1. The molecule has 2 aromatic heterocycles. The van der Waals surface area contributed by atoms with Crippen LogP contribution in [0, 0.1) is 0 Å². The first-order chi connectivity index (χ1) is 12.3. The van der Waals surface area contributed by atoms with Crippen LogP contribution in [0.2, 0.25) is 0 Å². The maximum absolute atomic E-state index is 4.38. The zero-order chi connectivity index (χ0) is 17.1. The largest absolute Gasteiger partial charge is 0.314 e. The van der Waals surface area contributed by atoms with E-state index in [2.05, 4.69) is 59.5 Å². The summed E-state index contributed by atoms with van der Waals surface area (Å²) in [6, 6.07) is 8.32. The molecule has 4 rings (SSSR count). The number of hydrogen-bond acceptors (Lipinski definition) is 6. The third kappa shape index (κ3) is 3.58. The van der Waals surface area contributed by atoms with Crippen LogP contribution in [0.4, 0.5) is 0 Å². The summed E-state index contributed by atoms with van der Waals surface area (Å²) in [6.45, 7) is 2.88. The number of benzene rings is 1. The molecule has 1 aromatic carbocycles. The topological polar surface area (TPSA) is 88.4 Å². The van der Waals surface area contributed by atoms with Crippen molar-refractivity contribution in [3.63, 3.8) is 0 Å². The number of tetrazole rings is 1. The van der Waals surface area contributed by atoms with Crippen molar-refractivity contribution in [1.82, 2.24) is 40.3 Å². The maximum atomic E-state index is 4.38. The molecule has 0 saturated carbocycles. The van der Waals surface area contributed by atoms with Crippen LogP contribution in [0.5, 0.6) is 0 Å². The summed E-state index contributed by atoms with van der Waals surface area (Å²) in [4.78, 5) is 2.30. The molecule has 0 radical (unpaired) electrons. The van der Waals surface area contributed by atoms with E-state index in [9.17, 15) is 0 Å². The minimum absolute atomic E-state index is 0.625. The fourth-order valence-corrected chi connectivity index (χ4v) is 3.23. The van der Waals surface area contributed by atoms with E-state index < -0.39 is 0 Å². The van der Waals surface area contributed by atoms with E-state index in [-0.39, 0.29) is 0 Å². The van der Waals surface area contributed by atoms with E-state index >= 15 is 0 Å². The van der Waals surface area contributed by atoms with Gasteiger partial charge in [0.05, 0.1) is 6.54 Å². The zero-order valence-electron chi connectivity index (χ0n) is 14.4. The predicted molar refractivity (Wildman–Crippen MR) is 92.6 cm³/mol. The van der Waals surface area contributed by atoms with Gasteiger partial charge in [0, 0.05) is 25.1 Å². The van der Waals surface area contributed by atoms with E-state index in [1.165, 1.54) is 18.4 Å². The third-order valence-corrected chi connectivity index (χ3v) is 4.69.